The molecular weight excluding hydrogens is 370 g/mol. The normalized spacial score (nSPS) is 17.7. The molecule has 0 spiro atoms. The van der Waals surface area contributed by atoms with Gasteiger partial charge in [0, 0.05) is 31.2 Å². The molecule has 10 heteroatoms. The van der Waals surface area contributed by atoms with Gasteiger partial charge in [-0.3, -0.25) is 15.0 Å². The fourth-order valence-corrected chi connectivity index (χ4v) is 4.06. The summed E-state index contributed by atoms with van der Waals surface area (Å²) in [7, 11) is -2.42. The average molecular weight is 390 g/mol. The van der Waals surface area contributed by atoms with Gasteiger partial charge in [0.2, 0.25) is 15.9 Å². The van der Waals surface area contributed by atoms with Crippen molar-refractivity contribution in [1.82, 2.24) is 14.5 Å². The van der Waals surface area contributed by atoms with E-state index in [0.717, 1.165) is 0 Å². The third kappa shape index (κ3) is 4.69. The van der Waals surface area contributed by atoms with Crippen molar-refractivity contribution in [2.24, 2.45) is 0 Å². The minimum absolute atomic E-state index is 0.182. The Morgan fingerprint density at radius 2 is 1.72 bits per heavy atom. The molecule has 1 aliphatic rings. The van der Waals surface area contributed by atoms with E-state index < -0.39 is 28.1 Å². The van der Waals surface area contributed by atoms with E-state index in [4.69, 9.17) is 11.6 Å². The summed E-state index contributed by atoms with van der Waals surface area (Å²) in [5.74, 6) is -0.485. The third-order valence-electron chi connectivity index (χ3n) is 4.06. The van der Waals surface area contributed by atoms with Crippen molar-refractivity contribution in [3.8, 4) is 0 Å². The van der Waals surface area contributed by atoms with E-state index in [-0.39, 0.29) is 18.0 Å². The number of nitrogens with zero attached hydrogens (tertiary/aromatic N) is 2. The third-order valence-corrected chi connectivity index (χ3v) is 6.23. The molecule has 0 radical (unpaired) electrons. The molecule has 1 saturated heterocycles. The molecule has 25 heavy (non-hydrogen) atoms. The van der Waals surface area contributed by atoms with Crippen molar-refractivity contribution in [1.29, 1.82) is 0 Å². The Labute approximate surface area is 151 Å². The highest BCUT2D eigenvalue weighted by Crippen LogP contribution is 2.20. The second kappa shape index (κ2) is 8.13. The minimum atomic E-state index is -3.60. The zero-order chi connectivity index (χ0) is 18.6. The molecule has 0 unspecified atom stereocenters. The number of imide groups is 1. The van der Waals surface area contributed by atoms with Gasteiger partial charge in [-0.05, 0) is 31.2 Å². The van der Waals surface area contributed by atoms with E-state index in [9.17, 15) is 18.0 Å². The van der Waals surface area contributed by atoms with Crippen molar-refractivity contribution in [2.75, 3.05) is 33.3 Å². The number of ether oxygens (including phenoxy) is 1. The van der Waals surface area contributed by atoms with E-state index in [1.807, 2.05) is 4.90 Å². The smallest absolute Gasteiger partial charge is 0.413 e. The summed E-state index contributed by atoms with van der Waals surface area (Å²) in [6.45, 7) is 2.91. The van der Waals surface area contributed by atoms with Crippen molar-refractivity contribution in [2.45, 2.75) is 17.9 Å². The average Bonchev–Trinajstić information content (AvgIpc) is 2.61. The van der Waals surface area contributed by atoms with E-state index >= 15 is 0 Å². The van der Waals surface area contributed by atoms with Crippen molar-refractivity contribution < 1.29 is 22.7 Å². The zero-order valence-corrected chi connectivity index (χ0v) is 15.5. The maximum atomic E-state index is 12.6. The summed E-state index contributed by atoms with van der Waals surface area (Å²) >= 11 is 5.79. The second-order valence-corrected chi connectivity index (χ2v) is 7.93. The molecule has 0 aromatic heterocycles. The Balaban J connectivity index is 1.98. The first-order valence-corrected chi connectivity index (χ1v) is 9.46. The standard InChI is InChI=1S/C15H20ClN3O5S/c1-11(14(20)17-15(21)24-2)18-7-9-19(10-8-18)25(22,23)13-5-3-12(16)4-6-13/h3-6,11H,7-10H2,1-2H3,(H,17,20,21)/t11-/m1/s1. The number of amides is 2. The second-order valence-electron chi connectivity index (χ2n) is 5.55. The number of hydrogen-bond donors (Lipinski definition) is 1. The van der Waals surface area contributed by atoms with Crippen LogP contribution < -0.4 is 5.32 Å². The SMILES string of the molecule is COC(=O)NC(=O)[C@@H](C)N1CCN(S(=O)(=O)c2ccc(Cl)cc2)CC1. The molecule has 138 valence electrons. The van der Waals surface area contributed by atoms with Crippen LogP contribution in [-0.4, -0.2) is 69.0 Å². The van der Waals surface area contributed by atoms with Crippen molar-refractivity contribution in [3.05, 3.63) is 29.3 Å². The Hall–Kier alpha value is -1.68. The number of benzene rings is 1. The lowest BCUT2D eigenvalue weighted by atomic mass is 10.2. The summed E-state index contributed by atoms with van der Waals surface area (Å²) < 4.78 is 31.0. The molecule has 1 atom stereocenters. The van der Waals surface area contributed by atoms with Crippen LogP contribution in [0.5, 0.6) is 0 Å². The minimum Gasteiger partial charge on any atom is -0.453 e. The van der Waals surface area contributed by atoms with Gasteiger partial charge >= 0.3 is 6.09 Å². The van der Waals surface area contributed by atoms with Gasteiger partial charge in [-0.2, -0.15) is 4.31 Å². The van der Waals surface area contributed by atoms with Crippen molar-refractivity contribution in [3.63, 3.8) is 0 Å². The summed E-state index contributed by atoms with van der Waals surface area (Å²) in [6, 6.07) is 5.43. The molecule has 0 saturated carbocycles. The fraction of sp³-hybridized carbons (Fsp3) is 0.467. The molecule has 1 heterocycles. The molecule has 1 aliphatic heterocycles. The maximum absolute atomic E-state index is 12.6. The number of alkyl carbamates (subject to hydrolysis) is 1. The summed E-state index contributed by atoms with van der Waals surface area (Å²) in [6.07, 6.45) is -0.819. The first-order valence-electron chi connectivity index (χ1n) is 7.64. The number of nitrogens with one attached hydrogen (secondary N) is 1. The Morgan fingerprint density at radius 1 is 1.16 bits per heavy atom. The highest BCUT2D eigenvalue weighted by atomic mass is 35.5. The van der Waals surface area contributed by atoms with Crippen LogP contribution in [0.25, 0.3) is 0 Å². The van der Waals surface area contributed by atoms with Crippen LogP contribution in [-0.2, 0) is 19.6 Å². The van der Waals surface area contributed by atoms with Gasteiger partial charge in [-0.1, -0.05) is 11.6 Å². The fourth-order valence-electron chi connectivity index (χ4n) is 2.51. The van der Waals surface area contributed by atoms with Crippen LogP contribution in [0.3, 0.4) is 0 Å². The molecule has 0 bridgehead atoms. The number of carbonyl (C=O) groups is 2. The largest absolute Gasteiger partial charge is 0.453 e. The van der Waals surface area contributed by atoms with Crippen LogP contribution in [0, 0.1) is 0 Å². The number of sulfonamides is 1. The van der Waals surface area contributed by atoms with Crippen LogP contribution in [0.15, 0.2) is 29.2 Å². The monoisotopic (exact) mass is 389 g/mol. The van der Waals surface area contributed by atoms with Gasteiger partial charge in [0.05, 0.1) is 18.0 Å². The zero-order valence-electron chi connectivity index (χ0n) is 13.9. The number of hydrogen-bond acceptors (Lipinski definition) is 6. The molecule has 0 aliphatic carbocycles. The number of rotatable bonds is 4. The van der Waals surface area contributed by atoms with Gasteiger partial charge in [0.15, 0.2) is 0 Å². The highest BCUT2D eigenvalue weighted by molar-refractivity contribution is 7.89. The van der Waals surface area contributed by atoms with Gasteiger partial charge in [0.25, 0.3) is 0 Å². The quantitative estimate of drug-likeness (QED) is 0.822. The molecule has 1 aromatic rings. The van der Waals surface area contributed by atoms with Gasteiger partial charge < -0.3 is 4.74 Å². The van der Waals surface area contributed by atoms with Crippen LogP contribution in [0.1, 0.15) is 6.92 Å². The molecule has 1 aromatic carbocycles. The molecule has 2 rings (SSSR count). The Bertz CT molecular complexity index is 730. The lowest BCUT2D eigenvalue weighted by Crippen LogP contribution is -2.55. The number of methoxy groups -OCH3 is 1. The number of carbonyl (C=O) groups excluding carboxylic acids is 2. The molecule has 8 nitrogen and oxygen atoms in total. The highest BCUT2D eigenvalue weighted by Gasteiger charge is 2.32. The molecule has 2 amide bonds. The van der Waals surface area contributed by atoms with Crippen molar-refractivity contribution >= 4 is 33.6 Å². The van der Waals surface area contributed by atoms with Gasteiger partial charge in [-0.15, -0.1) is 0 Å². The lowest BCUT2D eigenvalue weighted by Gasteiger charge is -2.36. The van der Waals surface area contributed by atoms with Crippen LogP contribution in [0.4, 0.5) is 4.79 Å². The maximum Gasteiger partial charge on any atom is 0.413 e. The molecule has 1 N–H and O–H groups in total. The summed E-state index contributed by atoms with van der Waals surface area (Å²) in [5, 5.41) is 2.58. The number of piperazine rings is 1. The first kappa shape index (κ1) is 19.6. The summed E-state index contributed by atoms with van der Waals surface area (Å²) in [5.41, 5.74) is 0. The van der Waals surface area contributed by atoms with E-state index in [0.29, 0.717) is 18.1 Å². The van der Waals surface area contributed by atoms with Gasteiger partial charge in [-0.25, -0.2) is 13.2 Å². The summed E-state index contributed by atoms with van der Waals surface area (Å²) in [4.78, 5) is 25.0. The van der Waals surface area contributed by atoms with E-state index in [1.165, 1.54) is 35.7 Å². The molecule has 1 fully saturated rings. The van der Waals surface area contributed by atoms with E-state index in [2.05, 4.69) is 10.1 Å². The molecular formula is C15H20ClN3O5S. The topological polar surface area (TPSA) is 96.0 Å². The van der Waals surface area contributed by atoms with E-state index in [1.54, 1.807) is 6.92 Å². The first-order chi connectivity index (χ1) is 11.8. The predicted molar refractivity (Wildman–Crippen MR) is 91.8 cm³/mol. The Kier molecular flexibility index (Phi) is 6.39. The van der Waals surface area contributed by atoms with Crippen LogP contribution >= 0.6 is 11.6 Å². The number of halogens is 1. The predicted octanol–water partition coefficient (Wildman–Crippen LogP) is 0.917. The van der Waals surface area contributed by atoms with Gasteiger partial charge in [0.1, 0.15) is 0 Å². The lowest BCUT2D eigenvalue weighted by molar-refractivity contribution is -0.125. The Morgan fingerprint density at radius 3 is 2.24 bits per heavy atom. The van der Waals surface area contributed by atoms with Crippen LogP contribution in [0.2, 0.25) is 5.02 Å².